The highest BCUT2D eigenvalue weighted by atomic mass is 35.5. The minimum atomic E-state index is 0.165. The minimum absolute atomic E-state index is 0.165. The lowest BCUT2D eigenvalue weighted by molar-refractivity contribution is 0.474. The summed E-state index contributed by atoms with van der Waals surface area (Å²) in [6, 6.07) is 5.13. The van der Waals surface area contributed by atoms with Gasteiger partial charge in [0, 0.05) is 11.1 Å². The third-order valence-corrected chi connectivity index (χ3v) is 2.27. The Bertz CT molecular complexity index is 286. The topological polar surface area (TPSA) is 46.2 Å². The summed E-state index contributed by atoms with van der Waals surface area (Å²) in [5.41, 5.74) is 6.58. The van der Waals surface area contributed by atoms with Gasteiger partial charge < -0.3 is 10.8 Å². The zero-order valence-electron chi connectivity index (χ0n) is 7.63. The molecule has 2 nitrogen and oxygen atoms in total. The second kappa shape index (κ2) is 4.49. The predicted octanol–water partition coefficient (Wildman–Crippen LogP) is 2.33. The van der Waals surface area contributed by atoms with Crippen LogP contribution in [0.4, 0.5) is 0 Å². The van der Waals surface area contributed by atoms with Crippen LogP contribution < -0.4 is 5.73 Å². The number of nitrogens with two attached hydrogens (primary N) is 1. The number of hydrogen-bond donors (Lipinski definition) is 2. The molecular formula is C10H14ClNO. The van der Waals surface area contributed by atoms with Crippen LogP contribution in [0.25, 0.3) is 0 Å². The van der Waals surface area contributed by atoms with Crippen LogP contribution in [0.3, 0.4) is 0 Å². The van der Waals surface area contributed by atoms with E-state index in [1.807, 2.05) is 6.92 Å². The van der Waals surface area contributed by atoms with Crippen LogP contribution in [-0.2, 0) is 6.42 Å². The van der Waals surface area contributed by atoms with Crippen molar-refractivity contribution in [3.8, 4) is 5.75 Å². The highest BCUT2D eigenvalue weighted by Gasteiger charge is 2.02. The van der Waals surface area contributed by atoms with E-state index in [2.05, 4.69) is 0 Å². The zero-order chi connectivity index (χ0) is 9.84. The van der Waals surface area contributed by atoms with Gasteiger partial charge in [-0.05, 0) is 43.5 Å². The molecule has 0 aliphatic heterocycles. The van der Waals surface area contributed by atoms with E-state index >= 15 is 0 Å². The van der Waals surface area contributed by atoms with Crippen molar-refractivity contribution in [2.75, 3.05) is 0 Å². The Morgan fingerprint density at radius 3 is 2.85 bits per heavy atom. The third kappa shape index (κ3) is 3.25. The molecule has 1 aromatic rings. The van der Waals surface area contributed by atoms with Gasteiger partial charge in [-0.25, -0.2) is 0 Å². The lowest BCUT2D eigenvalue weighted by Gasteiger charge is -2.06. The molecule has 0 fully saturated rings. The summed E-state index contributed by atoms with van der Waals surface area (Å²) in [7, 11) is 0. The molecule has 0 bridgehead atoms. The molecule has 72 valence electrons. The quantitative estimate of drug-likeness (QED) is 0.785. The Hall–Kier alpha value is -0.730. The Labute approximate surface area is 83.3 Å². The average molecular weight is 200 g/mol. The SMILES string of the molecule is C[C@H](N)CCc1cc(O)ccc1Cl. The van der Waals surface area contributed by atoms with Crippen LogP contribution in [0.5, 0.6) is 5.75 Å². The van der Waals surface area contributed by atoms with Crippen LogP contribution in [0.1, 0.15) is 18.9 Å². The van der Waals surface area contributed by atoms with Gasteiger partial charge in [-0.1, -0.05) is 11.6 Å². The number of aryl methyl sites for hydroxylation is 1. The number of halogens is 1. The van der Waals surface area contributed by atoms with Crippen molar-refractivity contribution in [2.24, 2.45) is 5.73 Å². The maximum Gasteiger partial charge on any atom is 0.115 e. The fourth-order valence-corrected chi connectivity index (χ4v) is 1.35. The molecule has 0 saturated carbocycles. The number of hydrogen-bond acceptors (Lipinski definition) is 2. The Kier molecular flexibility index (Phi) is 3.58. The largest absolute Gasteiger partial charge is 0.508 e. The summed E-state index contributed by atoms with van der Waals surface area (Å²) >= 11 is 5.93. The molecule has 3 heteroatoms. The molecular weight excluding hydrogens is 186 g/mol. The lowest BCUT2D eigenvalue weighted by Crippen LogP contribution is -2.15. The van der Waals surface area contributed by atoms with Gasteiger partial charge in [0.1, 0.15) is 5.75 Å². The summed E-state index contributed by atoms with van der Waals surface area (Å²) in [6.07, 6.45) is 1.69. The van der Waals surface area contributed by atoms with Gasteiger partial charge in [-0.15, -0.1) is 0 Å². The van der Waals surface area contributed by atoms with Crippen molar-refractivity contribution in [3.05, 3.63) is 28.8 Å². The van der Waals surface area contributed by atoms with E-state index < -0.39 is 0 Å². The summed E-state index contributed by atoms with van der Waals surface area (Å²) in [6.45, 7) is 1.96. The van der Waals surface area contributed by atoms with Crippen LogP contribution in [-0.4, -0.2) is 11.1 Å². The smallest absolute Gasteiger partial charge is 0.115 e. The summed E-state index contributed by atoms with van der Waals surface area (Å²) in [4.78, 5) is 0. The standard InChI is InChI=1S/C10H14ClNO/c1-7(12)2-3-8-6-9(13)4-5-10(8)11/h4-7,13H,2-3,12H2,1H3/t7-/m0/s1. The van der Waals surface area contributed by atoms with Gasteiger partial charge in [0.2, 0.25) is 0 Å². The van der Waals surface area contributed by atoms with Crippen LogP contribution in [0, 0.1) is 0 Å². The molecule has 0 unspecified atom stereocenters. The van der Waals surface area contributed by atoms with Gasteiger partial charge in [-0.3, -0.25) is 0 Å². The van der Waals surface area contributed by atoms with Crippen LogP contribution in [0.15, 0.2) is 18.2 Å². The molecule has 0 saturated heterocycles. The lowest BCUT2D eigenvalue weighted by atomic mass is 10.1. The molecule has 3 N–H and O–H groups in total. The summed E-state index contributed by atoms with van der Waals surface area (Å²) < 4.78 is 0. The molecule has 0 heterocycles. The van der Waals surface area contributed by atoms with Crippen molar-refractivity contribution >= 4 is 11.6 Å². The summed E-state index contributed by atoms with van der Waals surface area (Å²) in [5.74, 6) is 0.254. The predicted molar refractivity (Wildman–Crippen MR) is 55.1 cm³/mol. The fourth-order valence-electron chi connectivity index (χ4n) is 1.14. The molecule has 0 aliphatic rings. The number of phenolic OH excluding ortho intramolecular Hbond substituents is 1. The molecule has 1 aromatic carbocycles. The molecule has 0 amide bonds. The fraction of sp³-hybridized carbons (Fsp3) is 0.400. The first-order chi connectivity index (χ1) is 6.09. The second-order valence-electron chi connectivity index (χ2n) is 3.29. The molecule has 0 aromatic heterocycles. The Morgan fingerprint density at radius 1 is 1.54 bits per heavy atom. The van der Waals surface area contributed by atoms with Crippen molar-refractivity contribution < 1.29 is 5.11 Å². The maximum atomic E-state index is 9.21. The number of aromatic hydroxyl groups is 1. The molecule has 1 rings (SSSR count). The summed E-state index contributed by atoms with van der Waals surface area (Å²) in [5, 5.41) is 9.91. The zero-order valence-corrected chi connectivity index (χ0v) is 8.38. The maximum absolute atomic E-state index is 9.21. The number of rotatable bonds is 3. The number of phenols is 1. The van der Waals surface area contributed by atoms with Gasteiger partial charge >= 0.3 is 0 Å². The van der Waals surface area contributed by atoms with E-state index in [0.717, 1.165) is 18.4 Å². The average Bonchev–Trinajstić information content (AvgIpc) is 2.06. The van der Waals surface area contributed by atoms with E-state index in [1.165, 1.54) is 0 Å². The van der Waals surface area contributed by atoms with Gasteiger partial charge in [-0.2, -0.15) is 0 Å². The van der Waals surface area contributed by atoms with Gasteiger partial charge in [0.05, 0.1) is 0 Å². The van der Waals surface area contributed by atoms with Crippen LogP contribution in [0.2, 0.25) is 5.02 Å². The Balaban J connectivity index is 2.70. The van der Waals surface area contributed by atoms with Crippen molar-refractivity contribution in [2.45, 2.75) is 25.8 Å². The van der Waals surface area contributed by atoms with Crippen molar-refractivity contribution in [1.82, 2.24) is 0 Å². The Morgan fingerprint density at radius 2 is 2.23 bits per heavy atom. The highest BCUT2D eigenvalue weighted by Crippen LogP contribution is 2.22. The van der Waals surface area contributed by atoms with Gasteiger partial charge in [0.25, 0.3) is 0 Å². The number of benzene rings is 1. The van der Waals surface area contributed by atoms with E-state index in [0.29, 0.717) is 5.02 Å². The van der Waals surface area contributed by atoms with Crippen molar-refractivity contribution in [1.29, 1.82) is 0 Å². The first-order valence-electron chi connectivity index (χ1n) is 4.32. The molecule has 0 radical (unpaired) electrons. The first kappa shape index (κ1) is 10.4. The molecule has 13 heavy (non-hydrogen) atoms. The van der Waals surface area contributed by atoms with Crippen molar-refractivity contribution in [3.63, 3.8) is 0 Å². The van der Waals surface area contributed by atoms with E-state index in [1.54, 1.807) is 18.2 Å². The molecule has 0 aliphatic carbocycles. The van der Waals surface area contributed by atoms with Crippen LogP contribution >= 0.6 is 11.6 Å². The third-order valence-electron chi connectivity index (χ3n) is 1.90. The first-order valence-corrected chi connectivity index (χ1v) is 4.70. The minimum Gasteiger partial charge on any atom is -0.508 e. The molecule has 0 spiro atoms. The highest BCUT2D eigenvalue weighted by molar-refractivity contribution is 6.31. The van der Waals surface area contributed by atoms with E-state index in [9.17, 15) is 5.11 Å². The van der Waals surface area contributed by atoms with E-state index in [-0.39, 0.29) is 11.8 Å². The normalized spacial score (nSPS) is 12.8. The van der Waals surface area contributed by atoms with Gasteiger partial charge in [0.15, 0.2) is 0 Å². The second-order valence-corrected chi connectivity index (χ2v) is 3.70. The van der Waals surface area contributed by atoms with E-state index in [4.69, 9.17) is 17.3 Å². The molecule has 1 atom stereocenters. The monoisotopic (exact) mass is 199 g/mol.